The van der Waals surface area contributed by atoms with Crippen LogP contribution in [0.15, 0.2) is 42.5 Å². The van der Waals surface area contributed by atoms with E-state index in [-0.39, 0.29) is 24.8 Å². The lowest BCUT2D eigenvalue weighted by Crippen LogP contribution is -2.16. The van der Waals surface area contributed by atoms with Crippen LogP contribution in [0.5, 0.6) is 11.5 Å². The first-order valence-corrected chi connectivity index (χ1v) is 10.1. The van der Waals surface area contributed by atoms with Crippen LogP contribution in [-0.4, -0.2) is 13.2 Å². The van der Waals surface area contributed by atoms with Gasteiger partial charge in [-0.05, 0) is 32.0 Å². The molecule has 0 aromatic heterocycles. The molecule has 0 heterocycles. The van der Waals surface area contributed by atoms with E-state index in [2.05, 4.69) is 12.2 Å². The number of rotatable bonds is 13. The van der Waals surface area contributed by atoms with E-state index in [1.165, 1.54) is 38.2 Å². The molecule has 0 atom stereocenters. The molecule has 1 N–H and O–H groups in total. The van der Waals surface area contributed by atoms with Crippen molar-refractivity contribution in [2.24, 2.45) is 0 Å². The van der Waals surface area contributed by atoms with Crippen LogP contribution in [0.4, 0.5) is 4.39 Å². The molecule has 0 aliphatic carbocycles. The number of hydrogen-bond donors (Lipinski definition) is 1. The second kappa shape index (κ2) is 14.3. The SMILES string of the molecule is CCCCCCCNCc1cccc(OCC)c1OCc1ccccc1F.Cl. The van der Waals surface area contributed by atoms with Gasteiger partial charge in [0.25, 0.3) is 0 Å². The van der Waals surface area contributed by atoms with Gasteiger partial charge >= 0.3 is 0 Å². The van der Waals surface area contributed by atoms with E-state index in [1.807, 2.05) is 31.2 Å². The zero-order chi connectivity index (χ0) is 19.3. The van der Waals surface area contributed by atoms with Gasteiger partial charge in [0, 0.05) is 17.7 Å². The number of hydrogen-bond acceptors (Lipinski definition) is 3. The van der Waals surface area contributed by atoms with Crippen molar-refractivity contribution in [1.82, 2.24) is 5.32 Å². The second-order valence-electron chi connectivity index (χ2n) is 6.65. The van der Waals surface area contributed by atoms with Gasteiger partial charge in [-0.1, -0.05) is 62.9 Å². The van der Waals surface area contributed by atoms with Gasteiger partial charge in [0.15, 0.2) is 11.5 Å². The summed E-state index contributed by atoms with van der Waals surface area (Å²) in [4.78, 5) is 0. The highest BCUT2D eigenvalue weighted by molar-refractivity contribution is 5.85. The Bertz CT molecular complexity index is 681. The number of para-hydroxylation sites is 1. The zero-order valence-electron chi connectivity index (χ0n) is 17.0. The summed E-state index contributed by atoms with van der Waals surface area (Å²) in [5.74, 6) is 1.15. The Labute approximate surface area is 175 Å². The quantitative estimate of drug-likeness (QED) is 0.394. The van der Waals surface area contributed by atoms with Gasteiger partial charge in [0.2, 0.25) is 0 Å². The molecule has 3 nitrogen and oxygen atoms in total. The van der Waals surface area contributed by atoms with Gasteiger partial charge in [-0.15, -0.1) is 12.4 Å². The molecule has 0 saturated heterocycles. The molecule has 5 heteroatoms. The molecule has 0 radical (unpaired) electrons. The van der Waals surface area contributed by atoms with E-state index in [1.54, 1.807) is 12.1 Å². The minimum Gasteiger partial charge on any atom is -0.490 e. The van der Waals surface area contributed by atoms with Gasteiger partial charge < -0.3 is 14.8 Å². The number of ether oxygens (including phenoxy) is 2. The first kappa shape index (κ1) is 24.3. The van der Waals surface area contributed by atoms with E-state index in [0.29, 0.717) is 30.2 Å². The highest BCUT2D eigenvalue weighted by Gasteiger charge is 2.12. The lowest BCUT2D eigenvalue weighted by atomic mass is 10.1. The molecule has 0 unspecified atom stereocenters. The maximum atomic E-state index is 13.9. The maximum Gasteiger partial charge on any atom is 0.166 e. The standard InChI is InChI=1S/C23H32FNO2.ClH/c1-3-5-6-7-10-16-25-17-19-13-11-15-22(26-4-2)23(19)27-18-20-12-8-9-14-21(20)24;/h8-9,11-15,25H,3-7,10,16-18H2,1-2H3;1H. The van der Waals surface area contributed by atoms with E-state index in [9.17, 15) is 4.39 Å². The molecule has 0 spiro atoms. The Hall–Kier alpha value is -1.78. The van der Waals surface area contributed by atoms with Gasteiger partial charge in [-0.2, -0.15) is 0 Å². The number of halogens is 2. The second-order valence-corrected chi connectivity index (χ2v) is 6.65. The van der Waals surface area contributed by atoms with Crippen LogP contribution in [0.25, 0.3) is 0 Å². The molecule has 156 valence electrons. The Balaban J connectivity index is 0.00000392. The number of benzene rings is 2. The van der Waals surface area contributed by atoms with E-state index in [4.69, 9.17) is 9.47 Å². The van der Waals surface area contributed by atoms with Gasteiger partial charge in [-0.3, -0.25) is 0 Å². The number of nitrogens with one attached hydrogen (secondary N) is 1. The van der Waals surface area contributed by atoms with Crippen molar-refractivity contribution in [1.29, 1.82) is 0 Å². The monoisotopic (exact) mass is 409 g/mol. The molecular weight excluding hydrogens is 377 g/mol. The molecule has 0 amide bonds. The molecule has 2 aromatic rings. The summed E-state index contributed by atoms with van der Waals surface area (Å²) >= 11 is 0. The third-order valence-electron chi connectivity index (χ3n) is 4.46. The van der Waals surface area contributed by atoms with Crippen molar-refractivity contribution in [2.45, 2.75) is 59.1 Å². The highest BCUT2D eigenvalue weighted by atomic mass is 35.5. The van der Waals surface area contributed by atoms with Gasteiger partial charge in [0.1, 0.15) is 12.4 Å². The summed E-state index contributed by atoms with van der Waals surface area (Å²) in [5, 5.41) is 3.49. The molecule has 0 aliphatic rings. The molecule has 2 rings (SSSR count). The first-order chi connectivity index (χ1) is 13.3. The van der Waals surface area contributed by atoms with E-state index in [0.717, 1.165) is 12.1 Å². The van der Waals surface area contributed by atoms with Crippen molar-refractivity contribution in [3.63, 3.8) is 0 Å². The summed E-state index contributed by atoms with van der Waals surface area (Å²) in [6.07, 6.45) is 6.31. The normalized spacial score (nSPS) is 10.4. The van der Waals surface area contributed by atoms with Crippen LogP contribution in [0, 0.1) is 5.82 Å². The van der Waals surface area contributed by atoms with Crippen molar-refractivity contribution in [3.8, 4) is 11.5 Å². The van der Waals surface area contributed by atoms with E-state index >= 15 is 0 Å². The van der Waals surface area contributed by atoms with Crippen molar-refractivity contribution < 1.29 is 13.9 Å². The predicted octanol–water partition coefficient (Wildman–Crippen LogP) is 6.29. The average molecular weight is 410 g/mol. The minimum atomic E-state index is -0.252. The summed E-state index contributed by atoms with van der Waals surface area (Å²) in [6.45, 7) is 6.61. The van der Waals surface area contributed by atoms with Crippen molar-refractivity contribution >= 4 is 12.4 Å². The zero-order valence-corrected chi connectivity index (χ0v) is 17.8. The smallest absolute Gasteiger partial charge is 0.166 e. The molecule has 2 aromatic carbocycles. The topological polar surface area (TPSA) is 30.5 Å². The fourth-order valence-corrected chi connectivity index (χ4v) is 2.98. The third kappa shape index (κ3) is 8.07. The number of unbranched alkanes of at least 4 members (excludes halogenated alkanes) is 4. The van der Waals surface area contributed by atoms with Crippen LogP contribution < -0.4 is 14.8 Å². The molecule has 0 fully saturated rings. The summed E-state index contributed by atoms with van der Waals surface area (Å²) in [6, 6.07) is 12.6. The highest BCUT2D eigenvalue weighted by Crippen LogP contribution is 2.32. The third-order valence-corrected chi connectivity index (χ3v) is 4.46. The molecule has 0 saturated carbocycles. The Morgan fingerprint density at radius 1 is 0.857 bits per heavy atom. The summed E-state index contributed by atoms with van der Waals surface area (Å²) in [5.41, 5.74) is 1.57. The molecule has 0 aliphatic heterocycles. The lowest BCUT2D eigenvalue weighted by Gasteiger charge is -2.17. The fourth-order valence-electron chi connectivity index (χ4n) is 2.98. The van der Waals surface area contributed by atoms with Crippen molar-refractivity contribution in [3.05, 3.63) is 59.4 Å². The largest absolute Gasteiger partial charge is 0.490 e. The molecule has 28 heavy (non-hydrogen) atoms. The van der Waals surface area contributed by atoms with Crippen molar-refractivity contribution in [2.75, 3.05) is 13.2 Å². The first-order valence-electron chi connectivity index (χ1n) is 10.1. The Morgan fingerprint density at radius 3 is 2.36 bits per heavy atom. The van der Waals surface area contributed by atoms with Gasteiger partial charge in [-0.25, -0.2) is 4.39 Å². The summed E-state index contributed by atoms with van der Waals surface area (Å²) < 4.78 is 25.6. The van der Waals surface area contributed by atoms with E-state index < -0.39 is 0 Å². The average Bonchev–Trinajstić information content (AvgIpc) is 2.68. The van der Waals surface area contributed by atoms with Crippen LogP contribution in [0.3, 0.4) is 0 Å². The van der Waals surface area contributed by atoms with Crippen LogP contribution in [0.2, 0.25) is 0 Å². The lowest BCUT2D eigenvalue weighted by molar-refractivity contribution is 0.262. The summed E-state index contributed by atoms with van der Waals surface area (Å²) in [7, 11) is 0. The fraction of sp³-hybridized carbons (Fsp3) is 0.478. The van der Waals surface area contributed by atoms with Crippen LogP contribution in [0.1, 0.15) is 57.1 Å². The maximum absolute atomic E-state index is 13.9. The predicted molar refractivity (Wildman–Crippen MR) is 116 cm³/mol. The molecular formula is C23H33ClFNO2. The molecule has 0 bridgehead atoms. The van der Waals surface area contributed by atoms with Gasteiger partial charge in [0.05, 0.1) is 6.61 Å². The van der Waals surface area contributed by atoms with Crippen LogP contribution >= 0.6 is 12.4 Å². The van der Waals surface area contributed by atoms with Crippen LogP contribution in [-0.2, 0) is 13.2 Å². The Kier molecular flexibility index (Phi) is 12.3. The minimum absolute atomic E-state index is 0. The Morgan fingerprint density at radius 2 is 1.61 bits per heavy atom.